The van der Waals surface area contributed by atoms with Crippen molar-refractivity contribution in [3.8, 4) is 21.7 Å². The van der Waals surface area contributed by atoms with Crippen molar-refractivity contribution in [2.45, 2.75) is 20.4 Å². The number of fused-ring (bicyclic) bond motifs is 3. The molecule has 0 fully saturated rings. The number of carbonyl (C=O) groups is 1. The van der Waals surface area contributed by atoms with Gasteiger partial charge in [-0.15, -0.1) is 11.3 Å². The van der Waals surface area contributed by atoms with Crippen LogP contribution in [0.25, 0.3) is 21.7 Å². The van der Waals surface area contributed by atoms with E-state index in [-0.39, 0.29) is 11.5 Å². The fourth-order valence-corrected chi connectivity index (χ4v) is 4.48. The predicted molar refractivity (Wildman–Crippen MR) is 110 cm³/mol. The average molecular weight is 379 g/mol. The molecule has 1 aromatic carbocycles. The molecule has 1 amide bonds. The normalized spacial score (nSPS) is 12.1. The molecular weight excluding hydrogens is 358 g/mol. The standard InChI is InChI=1S/C21H21N3O2S/c1-3-23(4-2)20(25)17-12-16(14-8-6-5-7-9-14)21(26)24-18(17)19-15(13-22-24)10-11-27-19/h5-12,22H,3-4,13H2,1-2H3. The first kappa shape index (κ1) is 17.5. The zero-order valence-corrected chi connectivity index (χ0v) is 16.2. The van der Waals surface area contributed by atoms with Crippen LogP contribution in [0.1, 0.15) is 29.8 Å². The van der Waals surface area contributed by atoms with E-state index in [9.17, 15) is 9.59 Å². The van der Waals surface area contributed by atoms with E-state index in [0.717, 1.165) is 16.0 Å². The maximum atomic E-state index is 13.3. The van der Waals surface area contributed by atoms with Crippen molar-refractivity contribution in [3.63, 3.8) is 0 Å². The Morgan fingerprint density at radius 1 is 1.19 bits per heavy atom. The highest BCUT2D eigenvalue weighted by atomic mass is 32.1. The first-order valence-corrected chi connectivity index (χ1v) is 9.99. The molecule has 4 rings (SSSR count). The van der Waals surface area contributed by atoms with Gasteiger partial charge in [0.2, 0.25) is 0 Å². The number of amides is 1. The summed E-state index contributed by atoms with van der Waals surface area (Å²) in [6.45, 7) is 5.76. The summed E-state index contributed by atoms with van der Waals surface area (Å²) in [4.78, 5) is 29.3. The molecule has 3 aromatic rings. The fourth-order valence-electron chi connectivity index (χ4n) is 3.51. The SMILES string of the molecule is CCN(CC)C(=O)c1cc(-c2ccccc2)c(=O)n2c1-c1sccc1CN2. The van der Waals surface area contributed by atoms with Gasteiger partial charge >= 0.3 is 0 Å². The molecule has 5 nitrogen and oxygen atoms in total. The van der Waals surface area contributed by atoms with Gasteiger partial charge in [0.25, 0.3) is 11.5 Å². The Balaban J connectivity index is 2.02. The molecule has 0 radical (unpaired) electrons. The van der Waals surface area contributed by atoms with E-state index in [0.29, 0.717) is 36.5 Å². The molecule has 0 atom stereocenters. The number of hydrogen-bond acceptors (Lipinski definition) is 4. The van der Waals surface area contributed by atoms with E-state index < -0.39 is 0 Å². The zero-order valence-electron chi connectivity index (χ0n) is 15.4. The summed E-state index contributed by atoms with van der Waals surface area (Å²) >= 11 is 1.57. The highest BCUT2D eigenvalue weighted by Crippen LogP contribution is 2.35. The van der Waals surface area contributed by atoms with Crippen molar-refractivity contribution < 1.29 is 4.79 Å². The summed E-state index contributed by atoms with van der Waals surface area (Å²) in [5.74, 6) is -0.0519. The van der Waals surface area contributed by atoms with Gasteiger partial charge in [-0.25, -0.2) is 4.68 Å². The van der Waals surface area contributed by atoms with Gasteiger partial charge in [-0.05, 0) is 42.5 Å². The number of carbonyl (C=O) groups excluding carboxylic acids is 1. The van der Waals surface area contributed by atoms with Crippen molar-refractivity contribution in [2.24, 2.45) is 0 Å². The lowest BCUT2D eigenvalue weighted by atomic mass is 10.00. The second-order valence-electron chi connectivity index (χ2n) is 6.41. The number of benzene rings is 1. The molecule has 27 heavy (non-hydrogen) atoms. The van der Waals surface area contributed by atoms with Crippen LogP contribution in [0.15, 0.2) is 52.6 Å². The van der Waals surface area contributed by atoms with E-state index >= 15 is 0 Å². The van der Waals surface area contributed by atoms with E-state index in [4.69, 9.17) is 0 Å². The molecule has 0 unspecified atom stereocenters. The van der Waals surface area contributed by atoms with Gasteiger partial charge < -0.3 is 10.3 Å². The van der Waals surface area contributed by atoms with Crippen molar-refractivity contribution in [3.05, 3.63) is 69.3 Å². The second kappa shape index (κ2) is 7.04. The number of pyridine rings is 1. The minimum atomic E-state index is -0.133. The number of thiophene rings is 1. The van der Waals surface area contributed by atoms with Crippen LogP contribution in [0.4, 0.5) is 0 Å². The first-order chi connectivity index (χ1) is 13.2. The molecule has 3 heterocycles. The second-order valence-corrected chi connectivity index (χ2v) is 7.33. The third-order valence-corrected chi connectivity index (χ3v) is 5.92. The molecule has 0 saturated heterocycles. The van der Waals surface area contributed by atoms with Crippen LogP contribution in [-0.2, 0) is 6.54 Å². The molecule has 0 spiro atoms. The third-order valence-electron chi connectivity index (χ3n) is 4.96. The Kier molecular flexibility index (Phi) is 4.58. The number of nitrogens with one attached hydrogen (secondary N) is 1. The molecule has 1 aliphatic rings. The lowest BCUT2D eigenvalue weighted by Crippen LogP contribution is -2.38. The summed E-state index contributed by atoms with van der Waals surface area (Å²) in [5, 5.41) is 2.00. The predicted octanol–water partition coefficient (Wildman–Crippen LogP) is 3.78. The highest BCUT2D eigenvalue weighted by Gasteiger charge is 2.28. The molecule has 0 saturated carbocycles. The van der Waals surface area contributed by atoms with Crippen molar-refractivity contribution >= 4 is 17.2 Å². The fraction of sp³-hybridized carbons (Fsp3) is 0.238. The molecule has 6 heteroatoms. The maximum Gasteiger partial charge on any atom is 0.277 e. The number of rotatable bonds is 4. The molecule has 2 aromatic heterocycles. The van der Waals surface area contributed by atoms with E-state index in [1.54, 1.807) is 27.0 Å². The van der Waals surface area contributed by atoms with Crippen molar-refractivity contribution in [1.82, 2.24) is 9.58 Å². The third kappa shape index (κ3) is 2.86. The van der Waals surface area contributed by atoms with Crippen LogP contribution in [0.2, 0.25) is 0 Å². The zero-order chi connectivity index (χ0) is 19.0. The van der Waals surface area contributed by atoms with Crippen LogP contribution in [0.3, 0.4) is 0 Å². The van der Waals surface area contributed by atoms with Crippen LogP contribution >= 0.6 is 11.3 Å². The van der Waals surface area contributed by atoms with Gasteiger partial charge in [-0.2, -0.15) is 0 Å². The lowest BCUT2D eigenvalue weighted by molar-refractivity contribution is 0.0773. The van der Waals surface area contributed by atoms with Gasteiger partial charge in [0.05, 0.1) is 22.7 Å². The summed E-state index contributed by atoms with van der Waals surface area (Å²) in [5.41, 5.74) is 6.75. The van der Waals surface area contributed by atoms with Crippen LogP contribution in [-0.4, -0.2) is 28.6 Å². The smallest absolute Gasteiger partial charge is 0.277 e. The van der Waals surface area contributed by atoms with Crippen LogP contribution in [0, 0.1) is 0 Å². The summed E-state index contributed by atoms with van der Waals surface area (Å²) in [6, 6.07) is 13.3. The van der Waals surface area contributed by atoms with Gasteiger partial charge in [-0.1, -0.05) is 30.3 Å². The number of aromatic nitrogens is 1. The summed E-state index contributed by atoms with van der Waals surface area (Å²) in [6.07, 6.45) is 0. The Labute approximate surface area is 161 Å². The Bertz CT molecular complexity index is 1050. The summed E-state index contributed by atoms with van der Waals surface area (Å²) < 4.78 is 1.55. The lowest BCUT2D eigenvalue weighted by Gasteiger charge is -2.26. The largest absolute Gasteiger partial charge is 0.339 e. The highest BCUT2D eigenvalue weighted by molar-refractivity contribution is 7.13. The Morgan fingerprint density at radius 2 is 1.93 bits per heavy atom. The minimum Gasteiger partial charge on any atom is -0.339 e. The van der Waals surface area contributed by atoms with Gasteiger partial charge in [0.1, 0.15) is 0 Å². The van der Waals surface area contributed by atoms with Crippen molar-refractivity contribution in [1.29, 1.82) is 0 Å². The van der Waals surface area contributed by atoms with E-state index in [1.807, 2.05) is 55.6 Å². The summed E-state index contributed by atoms with van der Waals surface area (Å²) in [7, 11) is 0. The molecule has 1 aliphatic heterocycles. The van der Waals surface area contributed by atoms with Gasteiger partial charge in [0, 0.05) is 18.7 Å². The van der Waals surface area contributed by atoms with Crippen LogP contribution in [0.5, 0.6) is 0 Å². The van der Waals surface area contributed by atoms with Crippen LogP contribution < -0.4 is 11.0 Å². The number of hydrogen-bond donors (Lipinski definition) is 1. The molecule has 0 aliphatic carbocycles. The van der Waals surface area contributed by atoms with E-state index in [1.165, 1.54) is 0 Å². The Morgan fingerprint density at radius 3 is 2.63 bits per heavy atom. The minimum absolute atomic E-state index is 0.0519. The van der Waals surface area contributed by atoms with Gasteiger partial charge in [-0.3, -0.25) is 9.59 Å². The number of nitrogens with zero attached hydrogens (tertiary/aromatic N) is 2. The Hall–Kier alpha value is -2.86. The molecule has 1 N–H and O–H groups in total. The molecule has 0 bridgehead atoms. The van der Waals surface area contributed by atoms with E-state index in [2.05, 4.69) is 5.43 Å². The maximum absolute atomic E-state index is 13.3. The quantitative estimate of drug-likeness (QED) is 0.750. The molecular formula is C21H21N3O2S. The van der Waals surface area contributed by atoms with Gasteiger partial charge in [0.15, 0.2) is 0 Å². The topological polar surface area (TPSA) is 54.3 Å². The monoisotopic (exact) mass is 379 g/mol. The average Bonchev–Trinajstić information content (AvgIpc) is 3.19. The van der Waals surface area contributed by atoms with Crippen molar-refractivity contribution in [2.75, 3.05) is 18.5 Å². The molecule has 138 valence electrons. The first-order valence-electron chi connectivity index (χ1n) is 9.11.